The molecule has 0 fully saturated rings. The molecular formula is C12H10BrN3O. The average Bonchev–Trinajstić information content (AvgIpc) is 2.29. The minimum Gasteiger partial charge on any atom is -0.324 e. The summed E-state index contributed by atoms with van der Waals surface area (Å²) in [5.74, 6) is 2.13. The molecule has 1 rings (SSSR count). The maximum absolute atomic E-state index is 11.5. The number of terminal acetylenes is 1. The third-order valence-electron chi connectivity index (χ3n) is 1.89. The van der Waals surface area contributed by atoms with Crippen molar-refractivity contribution in [2.24, 2.45) is 0 Å². The Balaban J connectivity index is 2.68. The zero-order valence-corrected chi connectivity index (χ0v) is 10.5. The molecule has 0 aliphatic rings. The summed E-state index contributed by atoms with van der Waals surface area (Å²) in [4.78, 5) is 11.5. The first kappa shape index (κ1) is 13.2. The smallest absolute Gasteiger partial charge is 0.238 e. The molecule has 0 saturated carbocycles. The zero-order valence-electron chi connectivity index (χ0n) is 8.96. The number of halogens is 1. The van der Waals surface area contributed by atoms with Gasteiger partial charge in [0.05, 0.1) is 24.3 Å². The molecule has 1 aromatic rings. The number of nitrogens with zero attached hydrogens (tertiary/aromatic N) is 1. The Morgan fingerprint density at radius 1 is 1.53 bits per heavy atom. The fraction of sp³-hybridized carbons (Fsp3) is 0.167. The molecule has 1 amide bonds. The van der Waals surface area contributed by atoms with Crippen molar-refractivity contribution in [1.29, 1.82) is 5.26 Å². The van der Waals surface area contributed by atoms with E-state index in [2.05, 4.69) is 32.5 Å². The highest BCUT2D eigenvalue weighted by Gasteiger charge is 2.06. The number of carbonyl (C=O) groups excluding carboxylic acids is 1. The van der Waals surface area contributed by atoms with Gasteiger partial charge < -0.3 is 5.32 Å². The van der Waals surface area contributed by atoms with Crippen molar-refractivity contribution in [2.75, 3.05) is 18.4 Å². The van der Waals surface area contributed by atoms with E-state index in [0.29, 0.717) is 17.8 Å². The van der Waals surface area contributed by atoms with Crippen LogP contribution in [0.3, 0.4) is 0 Å². The predicted molar refractivity (Wildman–Crippen MR) is 69.2 cm³/mol. The van der Waals surface area contributed by atoms with E-state index in [4.69, 9.17) is 11.7 Å². The fourth-order valence-electron chi connectivity index (χ4n) is 1.16. The third-order valence-corrected chi connectivity index (χ3v) is 2.38. The first-order valence-electron chi connectivity index (χ1n) is 4.81. The number of nitriles is 1. The van der Waals surface area contributed by atoms with E-state index < -0.39 is 0 Å². The lowest BCUT2D eigenvalue weighted by Crippen LogP contribution is -2.28. The molecule has 0 aliphatic heterocycles. The topological polar surface area (TPSA) is 64.9 Å². The molecule has 2 N–H and O–H groups in total. The van der Waals surface area contributed by atoms with Crippen molar-refractivity contribution in [3.05, 3.63) is 28.2 Å². The molecule has 0 aliphatic carbocycles. The summed E-state index contributed by atoms with van der Waals surface area (Å²) in [6, 6.07) is 7.06. The van der Waals surface area contributed by atoms with Crippen LogP contribution in [0.1, 0.15) is 5.56 Å². The molecule has 0 unspecified atom stereocenters. The van der Waals surface area contributed by atoms with E-state index in [1.807, 2.05) is 6.07 Å². The second-order valence-electron chi connectivity index (χ2n) is 3.16. The molecule has 0 aromatic heterocycles. The van der Waals surface area contributed by atoms with Crippen LogP contribution in [0.2, 0.25) is 0 Å². The van der Waals surface area contributed by atoms with Crippen molar-refractivity contribution in [2.45, 2.75) is 0 Å². The van der Waals surface area contributed by atoms with Crippen LogP contribution >= 0.6 is 15.9 Å². The lowest BCUT2D eigenvalue weighted by molar-refractivity contribution is -0.115. The molecule has 5 heteroatoms. The molecule has 1 aromatic carbocycles. The summed E-state index contributed by atoms with van der Waals surface area (Å²) in [7, 11) is 0. The average molecular weight is 292 g/mol. The fourth-order valence-corrected chi connectivity index (χ4v) is 1.52. The van der Waals surface area contributed by atoms with Gasteiger partial charge in [0.25, 0.3) is 0 Å². The third kappa shape index (κ3) is 4.28. The maximum atomic E-state index is 11.5. The van der Waals surface area contributed by atoms with Crippen LogP contribution in [0.4, 0.5) is 5.69 Å². The molecule has 0 heterocycles. The van der Waals surface area contributed by atoms with Gasteiger partial charge in [0, 0.05) is 4.47 Å². The first-order valence-corrected chi connectivity index (χ1v) is 5.60. The lowest BCUT2D eigenvalue weighted by Gasteiger charge is -2.07. The molecular weight excluding hydrogens is 282 g/mol. The molecule has 0 saturated heterocycles. The van der Waals surface area contributed by atoms with E-state index in [1.54, 1.807) is 18.2 Å². The quantitative estimate of drug-likeness (QED) is 0.652. The minimum absolute atomic E-state index is 0.113. The molecule has 0 bridgehead atoms. The number of amides is 1. The van der Waals surface area contributed by atoms with Crippen molar-refractivity contribution in [1.82, 2.24) is 5.32 Å². The normalized spacial score (nSPS) is 9.12. The van der Waals surface area contributed by atoms with Gasteiger partial charge in [-0.15, -0.1) is 6.42 Å². The zero-order chi connectivity index (χ0) is 12.7. The number of anilines is 1. The van der Waals surface area contributed by atoms with Crippen LogP contribution in [0.5, 0.6) is 0 Å². The van der Waals surface area contributed by atoms with Crippen molar-refractivity contribution in [3.63, 3.8) is 0 Å². The Morgan fingerprint density at radius 2 is 2.29 bits per heavy atom. The van der Waals surface area contributed by atoms with Crippen LogP contribution in [-0.2, 0) is 4.79 Å². The van der Waals surface area contributed by atoms with Crippen LogP contribution in [0, 0.1) is 23.7 Å². The molecule has 4 nitrogen and oxygen atoms in total. The van der Waals surface area contributed by atoms with Gasteiger partial charge in [-0.25, -0.2) is 0 Å². The Hall–Kier alpha value is -1.82. The van der Waals surface area contributed by atoms with Crippen LogP contribution in [0.15, 0.2) is 22.7 Å². The number of benzene rings is 1. The molecule has 0 radical (unpaired) electrons. The van der Waals surface area contributed by atoms with Gasteiger partial charge in [-0.2, -0.15) is 5.26 Å². The largest absolute Gasteiger partial charge is 0.324 e. The van der Waals surface area contributed by atoms with Crippen LogP contribution in [0.25, 0.3) is 0 Å². The molecule has 86 valence electrons. The van der Waals surface area contributed by atoms with Gasteiger partial charge in [0.15, 0.2) is 0 Å². The van der Waals surface area contributed by atoms with E-state index >= 15 is 0 Å². The van der Waals surface area contributed by atoms with Gasteiger partial charge in [-0.3, -0.25) is 10.1 Å². The minimum atomic E-state index is -0.241. The Labute approximate surface area is 108 Å². The summed E-state index contributed by atoms with van der Waals surface area (Å²) in [5, 5.41) is 14.3. The van der Waals surface area contributed by atoms with Crippen molar-refractivity contribution in [3.8, 4) is 18.4 Å². The lowest BCUT2D eigenvalue weighted by atomic mass is 10.2. The number of hydrogen-bond donors (Lipinski definition) is 2. The Kier molecular flexibility index (Phi) is 5.22. The van der Waals surface area contributed by atoms with Gasteiger partial charge in [0.1, 0.15) is 6.07 Å². The number of rotatable bonds is 4. The van der Waals surface area contributed by atoms with Crippen LogP contribution in [-0.4, -0.2) is 19.0 Å². The standard InChI is InChI=1S/C12H10BrN3O/c1-2-5-15-8-12(17)16-11-6-10(13)4-3-9(11)7-14/h1,3-4,6,15H,5,8H2,(H,16,17). The van der Waals surface area contributed by atoms with Gasteiger partial charge in [-0.1, -0.05) is 21.9 Å². The summed E-state index contributed by atoms with van der Waals surface area (Å²) < 4.78 is 0.795. The van der Waals surface area contributed by atoms with E-state index in [1.165, 1.54) is 0 Å². The number of carbonyl (C=O) groups is 1. The van der Waals surface area contributed by atoms with Crippen molar-refractivity contribution >= 4 is 27.5 Å². The van der Waals surface area contributed by atoms with Gasteiger partial charge >= 0.3 is 0 Å². The first-order chi connectivity index (χ1) is 8.17. The summed E-state index contributed by atoms with van der Waals surface area (Å²) in [6.07, 6.45) is 5.04. The Morgan fingerprint density at radius 3 is 2.94 bits per heavy atom. The highest BCUT2D eigenvalue weighted by Crippen LogP contribution is 2.20. The van der Waals surface area contributed by atoms with E-state index in [-0.39, 0.29) is 12.5 Å². The highest BCUT2D eigenvalue weighted by molar-refractivity contribution is 9.10. The van der Waals surface area contributed by atoms with Gasteiger partial charge in [-0.05, 0) is 18.2 Å². The summed E-state index contributed by atoms with van der Waals surface area (Å²) in [5.41, 5.74) is 0.896. The van der Waals surface area contributed by atoms with Gasteiger partial charge in [0.2, 0.25) is 5.91 Å². The number of hydrogen-bond acceptors (Lipinski definition) is 3. The molecule has 0 spiro atoms. The summed E-state index contributed by atoms with van der Waals surface area (Å²) >= 11 is 3.28. The van der Waals surface area contributed by atoms with E-state index in [0.717, 1.165) is 4.47 Å². The second-order valence-corrected chi connectivity index (χ2v) is 4.07. The van der Waals surface area contributed by atoms with Crippen LogP contribution < -0.4 is 10.6 Å². The SMILES string of the molecule is C#CCNCC(=O)Nc1cc(Br)ccc1C#N. The summed E-state index contributed by atoms with van der Waals surface area (Å²) in [6.45, 7) is 0.443. The van der Waals surface area contributed by atoms with Crippen molar-refractivity contribution < 1.29 is 4.79 Å². The van der Waals surface area contributed by atoms with E-state index in [9.17, 15) is 4.79 Å². The molecule has 0 atom stereocenters. The maximum Gasteiger partial charge on any atom is 0.238 e. The predicted octanol–water partition coefficient (Wildman–Crippen LogP) is 1.48. The molecule has 17 heavy (non-hydrogen) atoms. The second kappa shape index (κ2) is 6.70. The highest BCUT2D eigenvalue weighted by atomic mass is 79.9. The monoisotopic (exact) mass is 291 g/mol. The Bertz CT molecular complexity index is 499. The number of nitrogens with one attached hydrogen (secondary N) is 2.